The third-order valence-electron chi connectivity index (χ3n) is 5.09. The lowest BCUT2D eigenvalue weighted by molar-refractivity contribution is 0.0598. The smallest absolute Gasteiger partial charge is 0.254 e. The molecule has 1 aromatic heterocycles. The minimum atomic E-state index is -3.05. The Morgan fingerprint density at radius 3 is 2.48 bits per heavy atom. The molecule has 2 aliphatic heterocycles. The Labute approximate surface area is 134 Å². The molecule has 4 rings (SSSR count). The highest BCUT2D eigenvalue weighted by Crippen LogP contribution is 2.39. The Hall–Kier alpha value is -1.96. The van der Waals surface area contributed by atoms with E-state index in [1.165, 1.54) is 6.26 Å². The van der Waals surface area contributed by atoms with Crippen molar-refractivity contribution in [2.24, 2.45) is 0 Å². The summed E-state index contributed by atoms with van der Waals surface area (Å²) >= 11 is 0. The van der Waals surface area contributed by atoms with Crippen LogP contribution in [0.25, 0.3) is 11.0 Å². The van der Waals surface area contributed by atoms with Gasteiger partial charge in [0.05, 0.1) is 5.25 Å². The molecular weight excluding hydrogens is 316 g/mol. The summed E-state index contributed by atoms with van der Waals surface area (Å²) in [7, 11) is -3.05. The van der Waals surface area contributed by atoms with Gasteiger partial charge in [0, 0.05) is 23.9 Å². The van der Waals surface area contributed by atoms with Gasteiger partial charge in [0.1, 0.15) is 20.9 Å². The average Bonchev–Trinajstić information content (AvgIpc) is 3.06. The molecule has 2 unspecified atom stereocenters. The van der Waals surface area contributed by atoms with Crippen LogP contribution < -0.4 is 0 Å². The number of piperidine rings is 1. The number of fused-ring (bicyclic) bond motifs is 3. The van der Waals surface area contributed by atoms with Gasteiger partial charge in [-0.3, -0.25) is 4.79 Å². The number of hydrogen-bond acceptors (Lipinski definition) is 5. The van der Waals surface area contributed by atoms with Gasteiger partial charge in [-0.25, -0.2) is 8.42 Å². The highest BCUT2D eigenvalue weighted by molar-refractivity contribution is 7.91. The molecule has 2 saturated heterocycles. The van der Waals surface area contributed by atoms with E-state index in [0.717, 1.165) is 18.4 Å². The zero-order valence-electron chi connectivity index (χ0n) is 12.8. The lowest BCUT2D eigenvalue weighted by atomic mass is 10.0. The topological polar surface area (TPSA) is 96.0 Å². The Bertz CT molecular complexity index is 862. The van der Waals surface area contributed by atoms with Crippen LogP contribution in [0.3, 0.4) is 0 Å². The summed E-state index contributed by atoms with van der Waals surface area (Å²) in [6.07, 6.45) is 4.16. The summed E-state index contributed by atoms with van der Waals surface area (Å²) in [5.74, 6) is -0.0330. The van der Waals surface area contributed by atoms with Crippen molar-refractivity contribution in [3.63, 3.8) is 0 Å². The molecule has 2 fully saturated rings. The van der Waals surface area contributed by atoms with Crippen LogP contribution in [-0.4, -0.2) is 58.2 Å². The number of aromatic nitrogens is 3. The highest BCUT2D eigenvalue weighted by atomic mass is 32.2. The second-order valence-corrected chi connectivity index (χ2v) is 8.87. The molecule has 0 saturated carbocycles. The number of nitrogens with one attached hydrogen (secondary N) is 1. The van der Waals surface area contributed by atoms with Crippen LogP contribution in [0.15, 0.2) is 18.2 Å². The number of carbonyl (C=O) groups is 1. The van der Waals surface area contributed by atoms with Crippen LogP contribution in [0.2, 0.25) is 0 Å². The molecular formula is C15H18N4O3S. The number of amides is 1. The lowest BCUT2D eigenvalue weighted by Crippen LogP contribution is -2.49. The van der Waals surface area contributed by atoms with E-state index in [1.807, 2.05) is 4.90 Å². The molecule has 0 spiro atoms. The maximum atomic E-state index is 12.9. The maximum absolute atomic E-state index is 12.9. The number of benzene rings is 1. The van der Waals surface area contributed by atoms with E-state index in [4.69, 9.17) is 0 Å². The quantitative estimate of drug-likeness (QED) is 0.888. The van der Waals surface area contributed by atoms with Gasteiger partial charge in [-0.15, -0.1) is 0 Å². The van der Waals surface area contributed by atoms with Crippen LogP contribution in [0.1, 0.15) is 36.0 Å². The SMILES string of the molecule is CS(=O)(=O)C1CC2CCC(C1)N2C(=O)c1ccc2n[nH]nc2c1. The molecule has 3 heterocycles. The number of H-pyrrole nitrogens is 1. The summed E-state index contributed by atoms with van der Waals surface area (Å²) in [4.78, 5) is 14.8. The fourth-order valence-corrected chi connectivity index (χ4v) is 5.07. The normalized spacial score (nSPS) is 27.5. The van der Waals surface area contributed by atoms with E-state index < -0.39 is 9.84 Å². The first-order valence-corrected chi connectivity index (χ1v) is 9.71. The van der Waals surface area contributed by atoms with Crippen molar-refractivity contribution < 1.29 is 13.2 Å². The molecule has 122 valence electrons. The summed E-state index contributed by atoms with van der Waals surface area (Å²) in [5, 5.41) is 10.2. The Morgan fingerprint density at radius 1 is 1.17 bits per heavy atom. The van der Waals surface area contributed by atoms with Crippen molar-refractivity contribution in [2.45, 2.75) is 43.0 Å². The number of nitrogens with zero attached hydrogens (tertiary/aromatic N) is 3. The largest absolute Gasteiger partial charge is 0.333 e. The van der Waals surface area contributed by atoms with Crippen molar-refractivity contribution in [3.8, 4) is 0 Å². The molecule has 2 aliphatic rings. The summed E-state index contributed by atoms with van der Waals surface area (Å²) in [6.45, 7) is 0. The Kier molecular flexibility index (Phi) is 3.19. The van der Waals surface area contributed by atoms with Gasteiger partial charge in [-0.05, 0) is 43.9 Å². The van der Waals surface area contributed by atoms with Crippen LogP contribution in [-0.2, 0) is 9.84 Å². The van der Waals surface area contributed by atoms with Crippen LogP contribution in [0, 0.1) is 0 Å². The monoisotopic (exact) mass is 334 g/mol. The second kappa shape index (κ2) is 5.02. The predicted molar refractivity (Wildman–Crippen MR) is 84.7 cm³/mol. The molecule has 0 radical (unpaired) electrons. The Morgan fingerprint density at radius 2 is 1.83 bits per heavy atom. The lowest BCUT2D eigenvalue weighted by Gasteiger charge is -2.38. The van der Waals surface area contributed by atoms with E-state index in [-0.39, 0.29) is 23.2 Å². The second-order valence-electron chi connectivity index (χ2n) is 6.55. The molecule has 2 atom stereocenters. The minimum absolute atomic E-state index is 0.0222. The minimum Gasteiger partial charge on any atom is -0.333 e. The van der Waals surface area contributed by atoms with Gasteiger partial charge in [-0.1, -0.05) is 0 Å². The van der Waals surface area contributed by atoms with Crippen molar-refractivity contribution in [3.05, 3.63) is 23.8 Å². The van der Waals surface area contributed by atoms with E-state index in [0.29, 0.717) is 23.9 Å². The third kappa shape index (κ3) is 2.41. The van der Waals surface area contributed by atoms with Gasteiger partial charge in [0.2, 0.25) is 0 Å². The standard InChI is InChI=1S/C15H18N4O3S/c1-23(21,22)12-7-10-3-4-11(8-12)19(10)15(20)9-2-5-13-14(6-9)17-18-16-13/h2,5-6,10-12H,3-4,7-8H2,1H3,(H,16,17,18). The fraction of sp³-hybridized carbons (Fsp3) is 0.533. The van der Waals surface area contributed by atoms with E-state index >= 15 is 0 Å². The first-order valence-electron chi connectivity index (χ1n) is 7.75. The molecule has 0 aliphatic carbocycles. The van der Waals surface area contributed by atoms with Gasteiger partial charge in [-0.2, -0.15) is 15.4 Å². The molecule has 2 aromatic rings. The van der Waals surface area contributed by atoms with Gasteiger partial charge in [0.15, 0.2) is 0 Å². The maximum Gasteiger partial charge on any atom is 0.254 e. The molecule has 7 nitrogen and oxygen atoms in total. The number of hydrogen-bond donors (Lipinski definition) is 1. The van der Waals surface area contributed by atoms with E-state index in [1.54, 1.807) is 18.2 Å². The van der Waals surface area contributed by atoms with Crippen LogP contribution >= 0.6 is 0 Å². The van der Waals surface area contributed by atoms with Crippen molar-refractivity contribution in [1.29, 1.82) is 0 Å². The first-order chi connectivity index (χ1) is 10.9. The van der Waals surface area contributed by atoms with E-state index in [9.17, 15) is 13.2 Å². The van der Waals surface area contributed by atoms with Crippen molar-refractivity contribution in [1.82, 2.24) is 20.3 Å². The zero-order valence-corrected chi connectivity index (χ0v) is 13.6. The summed E-state index contributed by atoms with van der Waals surface area (Å²) in [5.41, 5.74) is 1.97. The summed E-state index contributed by atoms with van der Waals surface area (Å²) < 4.78 is 23.7. The van der Waals surface area contributed by atoms with E-state index in [2.05, 4.69) is 15.4 Å². The molecule has 8 heteroatoms. The zero-order chi connectivity index (χ0) is 16.2. The van der Waals surface area contributed by atoms with Crippen LogP contribution in [0.5, 0.6) is 0 Å². The highest BCUT2D eigenvalue weighted by Gasteiger charge is 2.46. The Balaban J connectivity index is 1.62. The first kappa shape index (κ1) is 14.6. The van der Waals surface area contributed by atoms with Gasteiger partial charge in [0.25, 0.3) is 5.91 Å². The molecule has 1 N–H and O–H groups in total. The van der Waals surface area contributed by atoms with Gasteiger partial charge < -0.3 is 4.90 Å². The van der Waals surface area contributed by atoms with Crippen molar-refractivity contribution in [2.75, 3.05) is 6.26 Å². The number of aromatic amines is 1. The molecule has 2 bridgehead atoms. The number of carbonyl (C=O) groups excluding carboxylic acids is 1. The van der Waals surface area contributed by atoms with Crippen molar-refractivity contribution >= 4 is 26.8 Å². The van der Waals surface area contributed by atoms with Gasteiger partial charge >= 0.3 is 0 Å². The summed E-state index contributed by atoms with van der Waals surface area (Å²) in [6, 6.07) is 5.32. The van der Waals surface area contributed by atoms with Crippen LogP contribution in [0.4, 0.5) is 0 Å². The molecule has 23 heavy (non-hydrogen) atoms. The number of rotatable bonds is 2. The molecule has 1 amide bonds. The third-order valence-corrected chi connectivity index (χ3v) is 6.69. The predicted octanol–water partition coefficient (Wildman–Crippen LogP) is 1.14. The molecule has 1 aromatic carbocycles. The number of sulfone groups is 1. The average molecular weight is 334 g/mol. The fourth-order valence-electron chi connectivity index (χ4n) is 3.93.